The Morgan fingerprint density at radius 1 is 1.15 bits per heavy atom. The number of carbonyl (C=O) groups is 1. The number of aliphatic hydroxyl groups is 1. The molecule has 1 aliphatic carbocycles. The van der Waals surface area contributed by atoms with Gasteiger partial charge in [0, 0.05) is 18.1 Å². The summed E-state index contributed by atoms with van der Waals surface area (Å²) in [5.41, 5.74) is 0.942. The number of unbranched alkanes of at least 4 members (excludes halogenated alkanes) is 4. The molecule has 1 aliphatic rings. The van der Waals surface area contributed by atoms with Gasteiger partial charge < -0.3 is 5.11 Å². The molecular weight excluding hydrogens is 248 g/mol. The van der Waals surface area contributed by atoms with E-state index in [4.69, 9.17) is 5.11 Å². The van der Waals surface area contributed by atoms with Gasteiger partial charge in [0.25, 0.3) is 0 Å². The summed E-state index contributed by atoms with van der Waals surface area (Å²) in [5.74, 6) is 0.408. The second-order valence-electron chi connectivity index (χ2n) is 5.14. The Hall–Kier alpha value is -1.41. The average molecular weight is 274 g/mol. The summed E-state index contributed by atoms with van der Waals surface area (Å²) in [7, 11) is 0. The van der Waals surface area contributed by atoms with Gasteiger partial charge in [-0.25, -0.2) is 0 Å². The molecule has 0 fully saturated rings. The normalized spacial score (nSPS) is 20.4. The van der Waals surface area contributed by atoms with Gasteiger partial charge in [-0.05, 0) is 51.0 Å². The van der Waals surface area contributed by atoms with Crippen LogP contribution < -0.4 is 0 Å². The highest BCUT2D eigenvalue weighted by Crippen LogP contribution is 2.25. The molecule has 0 aliphatic heterocycles. The van der Waals surface area contributed by atoms with Crippen molar-refractivity contribution in [1.82, 2.24) is 0 Å². The molecule has 0 saturated carbocycles. The molecule has 1 atom stereocenters. The summed E-state index contributed by atoms with van der Waals surface area (Å²) >= 11 is 0. The molecule has 0 radical (unpaired) electrons. The van der Waals surface area contributed by atoms with E-state index in [0.29, 0.717) is 0 Å². The van der Waals surface area contributed by atoms with Gasteiger partial charge in [-0.15, -0.1) is 6.58 Å². The van der Waals surface area contributed by atoms with Crippen LogP contribution in [0.15, 0.2) is 48.6 Å². The van der Waals surface area contributed by atoms with Crippen LogP contribution in [0.1, 0.15) is 44.9 Å². The van der Waals surface area contributed by atoms with Crippen LogP contribution in [0.5, 0.6) is 0 Å². The van der Waals surface area contributed by atoms with Crippen molar-refractivity contribution in [3.8, 4) is 0 Å². The average Bonchev–Trinajstić information content (AvgIpc) is 2.79. The third-order valence-electron chi connectivity index (χ3n) is 3.47. The SMILES string of the molecule is C=CC[C@H]1C=CC(=O)/C1=C/CCC/C=C\CCCCO. The molecular formula is C18H26O2. The summed E-state index contributed by atoms with van der Waals surface area (Å²) in [5, 5.41) is 8.65. The fourth-order valence-corrected chi connectivity index (χ4v) is 2.33. The minimum atomic E-state index is 0.163. The monoisotopic (exact) mass is 274 g/mol. The quantitative estimate of drug-likeness (QED) is 0.369. The van der Waals surface area contributed by atoms with E-state index in [1.54, 1.807) is 6.08 Å². The van der Waals surface area contributed by atoms with Crippen molar-refractivity contribution in [3.05, 3.63) is 48.6 Å². The first-order valence-electron chi connectivity index (χ1n) is 7.59. The van der Waals surface area contributed by atoms with Crippen LogP contribution in [-0.4, -0.2) is 17.5 Å². The van der Waals surface area contributed by atoms with E-state index in [2.05, 4.69) is 24.8 Å². The molecule has 1 rings (SSSR count). The van der Waals surface area contributed by atoms with Gasteiger partial charge in [-0.3, -0.25) is 4.79 Å². The Morgan fingerprint density at radius 3 is 2.60 bits per heavy atom. The highest BCUT2D eigenvalue weighted by atomic mass is 16.2. The van der Waals surface area contributed by atoms with Crippen LogP contribution in [0, 0.1) is 5.92 Å². The second kappa shape index (κ2) is 10.4. The number of hydrogen-bond acceptors (Lipinski definition) is 2. The number of aliphatic hydroxyl groups excluding tert-OH is 1. The summed E-state index contributed by atoms with van der Waals surface area (Å²) in [6.07, 6.45) is 18.9. The minimum absolute atomic E-state index is 0.163. The van der Waals surface area contributed by atoms with Crippen LogP contribution in [0.3, 0.4) is 0 Å². The first kappa shape index (κ1) is 16.6. The van der Waals surface area contributed by atoms with E-state index >= 15 is 0 Å². The molecule has 2 heteroatoms. The third-order valence-corrected chi connectivity index (χ3v) is 3.47. The molecule has 0 aromatic carbocycles. The molecule has 0 amide bonds. The zero-order valence-corrected chi connectivity index (χ0v) is 12.3. The van der Waals surface area contributed by atoms with Crippen molar-refractivity contribution in [2.45, 2.75) is 44.9 Å². The lowest BCUT2D eigenvalue weighted by Crippen LogP contribution is -2.01. The maximum atomic E-state index is 11.7. The number of carbonyl (C=O) groups excluding carboxylic acids is 1. The summed E-state index contributed by atoms with van der Waals surface area (Å²) in [4.78, 5) is 11.7. The van der Waals surface area contributed by atoms with Gasteiger partial charge in [0.05, 0.1) is 0 Å². The minimum Gasteiger partial charge on any atom is -0.396 e. The molecule has 20 heavy (non-hydrogen) atoms. The molecule has 0 bridgehead atoms. The van der Waals surface area contributed by atoms with Crippen molar-refractivity contribution in [3.63, 3.8) is 0 Å². The number of rotatable bonds is 10. The smallest absolute Gasteiger partial charge is 0.181 e. The third kappa shape index (κ3) is 6.16. The Kier molecular flexibility index (Phi) is 8.64. The highest BCUT2D eigenvalue weighted by Gasteiger charge is 2.20. The van der Waals surface area contributed by atoms with E-state index in [0.717, 1.165) is 50.5 Å². The van der Waals surface area contributed by atoms with Crippen LogP contribution in [0.2, 0.25) is 0 Å². The first-order valence-corrected chi connectivity index (χ1v) is 7.59. The standard InChI is InChI=1S/C18H26O2/c1-2-11-16-13-14-18(20)17(16)12-9-7-5-3-4-6-8-10-15-19/h2-4,12-14,16,19H,1,5-11,15H2/b4-3-,17-12+/t16-/m0/s1. The predicted octanol–water partition coefficient (Wildman–Crippen LogP) is 4.13. The predicted molar refractivity (Wildman–Crippen MR) is 84.5 cm³/mol. The molecule has 1 N–H and O–H groups in total. The lowest BCUT2D eigenvalue weighted by atomic mass is 9.97. The summed E-state index contributed by atoms with van der Waals surface area (Å²) in [6, 6.07) is 0. The van der Waals surface area contributed by atoms with Crippen LogP contribution in [0.4, 0.5) is 0 Å². The van der Waals surface area contributed by atoms with Crippen molar-refractivity contribution in [2.24, 2.45) is 5.92 Å². The zero-order chi connectivity index (χ0) is 14.6. The van der Waals surface area contributed by atoms with E-state index < -0.39 is 0 Å². The van der Waals surface area contributed by atoms with Gasteiger partial charge in [-0.2, -0.15) is 0 Å². The maximum Gasteiger partial charge on any atom is 0.181 e. The van der Waals surface area contributed by atoms with Crippen LogP contribution in [-0.2, 0) is 4.79 Å². The molecule has 0 aromatic heterocycles. The van der Waals surface area contributed by atoms with Gasteiger partial charge in [0.15, 0.2) is 5.78 Å². The van der Waals surface area contributed by atoms with Gasteiger partial charge in [-0.1, -0.05) is 30.4 Å². The lowest BCUT2D eigenvalue weighted by Gasteiger charge is -2.06. The molecule has 0 heterocycles. The molecule has 110 valence electrons. The maximum absolute atomic E-state index is 11.7. The van der Waals surface area contributed by atoms with Crippen molar-refractivity contribution in [1.29, 1.82) is 0 Å². The van der Waals surface area contributed by atoms with E-state index in [1.807, 2.05) is 12.2 Å². The largest absolute Gasteiger partial charge is 0.396 e. The van der Waals surface area contributed by atoms with Crippen molar-refractivity contribution < 1.29 is 9.90 Å². The fourth-order valence-electron chi connectivity index (χ4n) is 2.33. The van der Waals surface area contributed by atoms with E-state index in [1.165, 1.54) is 0 Å². The highest BCUT2D eigenvalue weighted by molar-refractivity contribution is 6.07. The lowest BCUT2D eigenvalue weighted by molar-refractivity contribution is -0.111. The molecule has 0 aromatic rings. The molecule has 2 nitrogen and oxygen atoms in total. The Labute approximate surface area is 122 Å². The number of hydrogen-bond donors (Lipinski definition) is 1. The Bertz CT molecular complexity index is 388. The van der Waals surface area contributed by atoms with Gasteiger partial charge in [0.1, 0.15) is 0 Å². The van der Waals surface area contributed by atoms with E-state index in [-0.39, 0.29) is 18.3 Å². The van der Waals surface area contributed by atoms with Crippen molar-refractivity contribution in [2.75, 3.05) is 6.61 Å². The zero-order valence-electron chi connectivity index (χ0n) is 12.3. The molecule has 0 unspecified atom stereocenters. The van der Waals surface area contributed by atoms with Crippen molar-refractivity contribution >= 4 is 5.78 Å². The first-order chi connectivity index (χ1) is 9.79. The number of allylic oxidation sites excluding steroid dienone is 7. The Morgan fingerprint density at radius 2 is 1.90 bits per heavy atom. The van der Waals surface area contributed by atoms with Gasteiger partial charge >= 0.3 is 0 Å². The second-order valence-corrected chi connectivity index (χ2v) is 5.14. The fraction of sp³-hybridized carbons (Fsp3) is 0.500. The van der Waals surface area contributed by atoms with Gasteiger partial charge in [0.2, 0.25) is 0 Å². The van der Waals surface area contributed by atoms with E-state index in [9.17, 15) is 4.79 Å². The number of ketones is 1. The summed E-state index contributed by atoms with van der Waals surface area (Å²) in [6.45, 7) is 4.02. The molecule has 0 spiro atoms. The summed E-state index contributed by atoms with van der Waals surface area (Å²) < 4.78 is 0. The van der Waals surface area contributed by atoms with Crippen LogP contribution in [0.25, 0.3) is 0 Å². The topological polar surface area (TPSA) is 37.3 Å². The van der Waals surface area contributed by atoms with Crippen LogP contribution >= 0.6 is 0 Å². The molecule has 0 saturated heterocycles. The Balaban J connectivity index is 2.20.